The van der Waals surface area contributed by atoms with Crippen LogP contribution in [0.2, 0.25) is 0 Å². The van der Waals surface area contributed by atoms with Crippen LogP contribution < -0.4 is 14.8 Å². The van der Waals surface area contributed by atoms with E-state index < -0.39 is 0 Å². The van der Waals surface area contributed by atoms with Gasteiger partial charge >= 0.3 is 0 Å². The molecule has 16 heavy (non-hydrogen) atoms. The lowest BCUT2D eigenvalue weighted by Gasteiger charge is -2.15. The Labute approximate surface area is 96.8 Å². The molecule has 1 heterocycles. The molecule has 1 fully saturated rings. The summed E-state index contributed by atoms with van der Waals surface area (Å²) in [6.45, 7) is 3.23. The molecule has 1 aliphatic heterocycles. The van der Waals surface area contributed by atoms with Crippen molar-refractivity contribution >= 4 is 0 Å². The van der Waals surface area contributed by atoms with Gasteiger partial charge < -0.3 is 14.8 Å². The van der Waals surface area contributed by atoms with Crippen LogP contribution in [0.5, 0.6) is 11.5 Å². The van der Waals surface area contributed by atoms with E-state index in [1.54, 1.807) is 14.2 Å². The van der Waals surface area contributed by atoms with Gasteiger partial charge in [0.05, 0.1) is 14.2 Å². The monoisotopic (exact) mass is 221 g/mol. The molecule has 3 nitrogen and oxygen atoms in total. The summed E-state index contributed by atoms with van der Waals surface area (Å²) < 4.78 is 10.7. The highest BCUT2D eigenvalue weighted by Crippen LogP contribution is 2.34. The van der Waals surface area contributed by atoms with Crippen molar-refractivity contribution in [2.75, 3.05) is 20.8 Å². The van der Waals surface area contributed by atoms with Crippen molar-refractivity contribution < 1.29 is 9.47 Å². The third kappa shape index (κ3) is 2.14. The molecule has 1 N–H and O–H groups in total. The van der Waals surface area contributed by atoms with E-state index in [0.717, 1.165) is 24.5 Å². The standard InChI is InChI=1S/C13H19NO2/c1-9-6-10(8-14-9)12-7-11(15-2)4-5-13(12)16-3/h4-5,7,9-10,14H,6,8H2,1-3H3. The van der Waals surface area contributed by atoms with Gasteiger partial charge in [0, 0.05) is 24.1 Å². The topological polar surface area (TPSA) is 30.5 Å². The Kier molecular flexibility index (Phi) is 3.34. The lowest BCUT2D eigenvalue weighted by atomic mass is 9.95. The fourth-order valence-electron chi connectivity index (χ4n) is 2.33. The van der Waals surface area contributed by atoms with Gasteiger partial charge in [0.15, 0.2) is 0 Å². The van der Waals surface area contributed by atoms with Gasteiger partial charge in [-0.1, -0.05) is 0 Å². The largest absolute Gasteiger partial charge is 0.497 e. The summed E-state index contributed by atoms with van der Waals surface area (Å²) >= 11 is 0. The minimum absolute atomic E-state index is 0.528. The predicted octanol–water partition coefficient (Wildman–Crippen LogP) is 2.17. The molecule has 0 bridgehead atoms. The molecule has 0 spiro atoms. The lowest BCUT2D eigenvalue weighted by molar-refractivity contribution is 0.395. The third-order valence-electron chi connectivity index (χ3n) is 3.23. The Hall–Kier alpha value is -1.22. The Morgan fingerprint density at radius 1 is 1.25 bits per heavy atom. The maximum Gasteiger partial charge on any atom is 0.122 e. The summed E-state index contributed by atoms with van der Waals surface area (Å²) in [5, 5.41) is 3.46. The van der Waals surface area contributed by atoms with Crippen molar-refractivity contribution in [1.82, 2.24) is 5.32 Å². The minimum Gasteiger partial charge on any atom is -0.497 e. The normalized spacial score (nSPS) is 24.4. The first kappa shape index (κ1) is 11.3. The summed E-state index contributed by atoms with van der Waals surface area (Å²) in [6, 6.07) is 6.59. The molecule has 88 valence electrons. The summed E-state index contributed by atoms with van der Waals surface area (Å²) in [6.07, 6.45) is 1.16. The van der Waals surface area contributed by atoms with Crippen LogP contribution in [0.1, 0.15) is 24.8 Å². The lowest BCUT2D eigenvalue weighted by Crippen LogP contribution is -2.16. The van der Waals surface area contributed by atoms with E-state index in [0.29, 0.717) is 12.0 Å². The average Bonchev–Trinajstić information content (AvgIpc) is 2.75. The molecule has 1 aromatic carbocycles. The van der Waals surface area contributed by atoms with Crippen LogP contribution in [0.4, 0.5) is 0 Å². The van der Waals surface area contributed by atoms with Crippen molar-refractivity contribution in [3.63, 3.8) is 0 Å². The fraction of sp³-hybridized carbons (Fsp3) is 0.538. The van der Waals surface area contributed by atoms with E-state index in [9.17, 15) is 0 Å². The molecule has 1 aromatic rings. The first-order valence-electron chi connectivity index (χ1n) is 5.70. The Morgan fingerprint density at radius 2 is 2.06 bits per heavy atom. The van der Waals surface area contributed by atoms with Gasteiger partial charge in [0.2, 0.25) is 0 Å². The number of hydrogen-bond donors (Lipinski definition) is 1. The van der Waals surface area contributed by atoms with Gasteiger partial charge in [-0.15, -0.1) is 0 Å². The fourth-order valence-corrected chi connectivity index (χ4v) is 2.33. The second-order valence-electron chi connectivity index (χ2n) is 4.35. The Balaban J connectivity index is 2.29. The molecule has 2 rings (SSSR count). The molecule has 0 radical (unpaired) electrons. The number of ether oxygens (including phenoxy) is 2. The number of rotatable bonds is 3. The number of benzene rings is 1. The van der Waals surface area contributed by atoms with Crippen LogP contribution in [-0.2, 0) is 0 Å². The third-order valence-corrected chi connectivity index (χ3v) is 3.23. The van der Waals surface area contributed by atoms with E-state index in [1.165, 1.54) is 5.56 Å². The summed E-state index contributed by atoms with van der Waals surface area (Å²) in [5.41, 5.74) is 1.25. The molecule has 1 saturated heterocycles. The highest BCUT2D eigenvalue weighted by atomic mass is 16.5. The summed E-state index contributed by atoms with van der Waals surface area (Å²) in [5.74, 6) is 2.39. The number of nitrogens with one attached hydrogen (secondary N) is 1. The van der Waals surface area contributed by atoms with Crippen LogP contribution >= 0.6 is 0 Å². The van der Waals surface area contributed by atoms with Crippen molar-refractivity contribution in [1.29, 1.82) is 0 Å². The molecular formula is C13H19NO2. The smallest absolute Gasteiger partial charge is 0.122 e. The van der Waals surface area contributed by atoms with Crippen LogP contribution in [0.3, 0.4) is 0 Å². The number of hydrogen-bond acceptors (Lipinski definition) is 3. The highest BCUT2D eigenvalue weighted by Gasteiger charge is 2.25. The molecule has 0 amide bonds. The molecule has 0 aromatic heterocycles. The molecule has 0 saturated carbocycles. The average molecular weight is 221 g/mol. The molecule has 1 aliphatic rings. The van der Waals surface area contributed by atoms with Crippen molar-refractivity contribution in [3.8, 4) is 11.5 Å². The second kappa shape index (κ2) is 4.74. The second-order valence-corrected chi connectivity index (χ2v) is 4.35. The Bertz CT molecular complexity index is 365. The minimum atomic E-state index is 0.528. The van der Waals surface area contributed by atoms with E-state index in [1.807, 2.05) is 12.1 Å². The number of methoxy groups -OCH3 is 2. The van der Waals surface area contributed by atoms with Gasteiger partial charge in [-0.2, -0.15) is 0 Å². The molecule has 0 aliphatic carbocycles. The van der Waals surface area contributed by atoms with Crippen molar-refractivity contribution in [3.05, 3.63) is 23.8 Å². The van der Waals surface area contributed by atoms with Crippen LogP contribution in [0.15, 0.2) is 18.2 Å². The maximum absolute atomic E-state index is 5.41. The van der Waals surface area contributed by atoms with E-state index in [4.69, 9.17) is 9.47 Å². The molecular weight excluding hydrogens is 202 g/mol. The van der Waals surface area contributed by atoms with Crippen LogP contribution in [0.25, 0.3) is 0 Å². The summed E-state index contributed by atoms with van der Waals surface area (Å²) in [7, 11) is 3.41. The van der Waals surface area contributed by atoms with Crippen molar-refractivity contribution in [2.45, 2.75) is 25.3 Å². The first-order chi connectivity index (χ1) is 7.74. The zero-order valence-electron chi connectivity index (χ0n) is 10.1. The van der Waals surface area contributed by atoms with E-state index in [2.05, 4.69) is 18.3 Å². The van der Waals surface area contributed by atoms with Crippen molar-refractivity contribution in [2.24, 2.45) is 0 Å². The van der Waals surface area contributed by atoms with Gasteiger partial charge in [-0.3, -0.25) is 0 Å². The first-order valence-corrected chi connectivity index (χ1v) is 5.70. The maximum atomic E-state index is 5.41. The zero-order chi connectivity index (χ0) is 11.5. The van der Waals surface area contributed by atoms with Crippen LogP contribution in [0, 0.1) is 0 Å². The van der Waals surface area contributed by atoms with Gasteiger partial charge in [0.25, 0.3) is 0 Å². The van der Waals surface area contributed by atoms with Gasteiger partial charge in [0.1, 0.15) is 11.5 Å². The molecule has 3 heteroatoms. The SMILES string of the molecule is COc1ccc(OC)c(C2CNC(C)C2)c1. The molecule has 2 atom stereocenters. The highest BCUT2D eigenvalue weighted by molar-refractivity contribution is 5.43. The predicted molar refractivity (Wildman–Crippen MR) is 64.4 cm³/mol. The van der Waals surface area contributed by atoms with E-state index >= 15 is 0 Å². The van der Waals surface area contributed by atoms with Gasteiger partial charge in [-0.25, -0.2) is 0 Å². The van der Waals surface area contributed by atoms with Gasteiger partial charge in [-0.05, 0) is 31.5 Å². The zero-order valence-corrected chi connectivity index (χ0v) is 10.1. The summed E-state index contributed by atoms with van der Waals surface area (Å²) in [4.78, 5) is 0. The Morgan fingerprint density at radius 3 is 2.62 bits per heavy atom. The van der Waals surface area contributed by atoms with E-state index in [-0.39, 0.29) is 0 Å². The van der Waals surface area contributed by atoms with Crippen LogP contribution in [-0.4, -0.2) is 26.8 Å². The quantitative estimate of drug-likeness (QED) is 0.848. The molecule has 2 unspecified atom stereocenters.